The Labute approximate surface area is 131 Å². The Morgan fingerprint density at radius 1 is 1.09 bits per heavy atom. The van der Waals surface area contributed by atoms with E-state index < -0.39 is 0 Å². The molecular formula is C19H22N2O. The van der Waals surface area contributed by atoms with Gasteiger partial charge in [0.1, 0.15) is 0 Å². The first-order valence-electron chi connectivity index (χ1n) is 7.30. The Balaban J connectivity index is 2.00. The fraction of sp³-hybridized carbons (Fsp3) is 0.211. The molecule has 2 aromatic rings. The van der Waals surface area contributed by atoms with E-state index >= 15 is 0 Å². The summed E-state index contributed by atoms with van der Waals surface area (Å²) in [5.74, 6) is -0.175. The molecule has 0 aromatic heterocycles. The van der Waals surface area contributed by atoms with Gasteiger partial charge in [0, 0.05) is 17.5 Å². The SMILES string of the molecule is CC(C)(C)c1ccc(C=CC(=O)Nc2cccc(N)c2)cc1. The van der Waals surface area contributed by atoms with Crippen LogP contribution in [-0.2, 0) is 10.2 Å². The Morgan fingerprint density at radius 3 is 2.36 bits per heavy atom. The van der Waals surface area contributed by atoms with E-state index in [1.807, 2.05) is 12.1 Å². The molecule has 0 bridgehead atoms. The zero-order valence-electron chi connectivity index (χ0n) is 13.3. The highest BCUT2D eigenvalue weighted by Gasteiger charge is 2.12. The fourth-order valence-corrected chi connectivity index (χ4v) is 2.07. The Hall–Kier alpha value is -2.55. The molecule has 2 rings (SSSR count). The summed E-state index contributed by atoms with van der Waals surface area (Å²) >= 11 is 0. The molecule has 0 aliphatic rings. The zero-order valence-corrected chi connectivity index (χ0v) is 13.3. The van der Waals surface area contributed by atoms with Gasteiger partial charge in [-0.15, -0.1) is 0 Å². The molecule has 0 atom stereocenters. The van der Waals surface area contributed by atoms with Gasteiger partial charge in [0.15, 0.2) is 0 Å². The number of nitrogens with one attached hydrogen (secondary N) is 1. The van der Waals surface area contributed by atoms with Crippen molar-refractivity contribution in [2.45, 2.75) is 26.2 Å². The van der Waals surface area contributed by atoms with E-state index in [4.69, 9.17) is 5.73 Å². The first kappa shape index (κ1) is 15.8. The molecule has 0 saturated heterocycles. The van der Waals surface area contributed by atoms with Crippen LogP contribution < -0.4 is 11.1 Å². The Kier molecular flexibility index (Phi) is 4.66. The minimum atomic E-state index is -0.175. The molecule has 22 heavy (non-hydrogen) atoms. The van der Waals surface area contributed by atoms with Crippen LogP contribution in [0.1, 0.15) is 31.9 Å². The van der Waals surface area contributed by atoms with Gasteiger partial charge in [0.05, 0.1) is 0 Å². The van der Waals surface area contributed by atoms with Crippen LogP contribution in [0.3, 0.4) is 0 Å². The van der Waals surface area contributed by atoms with Crippen LogP contribution in [0, 0.1) is 0 Å². The smallest absolute Gasteiger partial charge is 0.248 e. The summed E-state index contributed by atoms with van der Waals surface area (Å²) in [7, 11) is 0. The van der Waals surface area contributed by atoms with Crippen molar-refractivity contribution < 1.29 is 4.79 Å². The quantitative estimate of drug-likeness (QED) is 0.658. The molecule has 0 radical (unpaired) electrons. The van der Waals surface area contributed by atoms with E-state index in [0.717, 1.165) is 5.56 Å². The third-order valence-corrected chi connectivity index (χ3v) is 3.36. The van der Waals surface area contributed by atoms with Gasteiger partial charge in [-0.25, -0.2) is 0 Å². The van der Waals surface area contributed by atoms with Gasteiger partial charge in [-0.1, -0.05) is 51.1 Å². The van der Waals surface area contributed by atoms with Crippen molar-refractivity contribution in [2.24, 2.45) is 0 Å². The van der Waals surface area contributed by atoms with Gasteiger partial charge >= 0.3 is 0 Å². The molecule has 3 nitrogen and oxygen atoms in total. The molecule has 1 amide bonds. The van der Waals surface area contributed by atoms with E-state index in [0.29, 0.717) is 11.4 Å². The molecular weight excluding hydrogens is 272 g/mol. The number of hydrogen-bond acceptors (Lipinski definition) is 2. The lowest BCUT2D eigenvalue weighted by molar-refractivity contribution is -0.111. The zero-order chi connectivity index (χ0) is 16.2. The van der Waals surface area contributed by atoms with Gasteiger partial charge in [0.2, 0.25) is 5.91 Å². The van der Waals surface area contributed by atoms with Crippen molar-refractivity contribution in [2.75, 3.05) is 11.1 Å². The number of amides is 1. The average molecular weight is 294 g/mol. The van der Waals surface area contributed by atoms with Crippen LogP contribution >= 0.6 is 0 Å². The first-order chi connectivity index (χ1) is 10.3. The summed E-state index contributed by atoms with van der Waals surface area (Å²) in [4.78, 5) is 11.9. The lowest BCUT2D eigenvalue weighted by Gasteiger charge is -2.18. The monoisotopic (exact) mass is 294 g/mol. The third kappa shape index (κ3) is 4.48. The van der Waals surface area contributed by atoms with Crippen LogP contribution in [0.15, 0.2) is 54.6 Å². The number of rotatable bonds is 3. The summed E-state index contributed by atoms with van der Waals surface area (Å²) in [5, 5.41) is 2.78. The van der Waals surface area contributed by atoms with Crippen molar-refractivity contribution in [1.82, 2.24) is 0 Å². The molecule has 114 valence electrons. The van der Waals surface area contributed by atoms with Crippen LogP contribution in [-0.4, -0.2) is 5.91 Å². The van der Waals surface area contributed by atoms with Gasteiger partial charge in [-0.05, 0) is 40.8 Å². The minimum absolute atomic E-state index is 0.132. The van der Waals surface area contributed by atoms with E-state index in [1.165, 1.54) is 11.6 Å². The summed E-state index contributed by atoms with van der Waals surface area (Å²) in [6.07, 6.45) is 3.32. The van der Waals surface area contributed by atoms with Crippen LogP contribution in [0.5, 0.6) is 0 Å². The molecule has 3 heteroatoms. The standard InChI is InChI=1S/C19H22N2O/c1-19(2,3)15-10-7-14(8-11-15)9-12-18(22)21-17-6-4-5-16(20)13-17/h4-13H,20H2,1-3H3,(H,21,22). The maximum absolute atomic E-state index is 11.9. The maximum Gasteiger partial charge on any atom is 0.248 e. The third-order valence-electron chi connectivity index (χ3n) is 3.36. The van der Waals surface area contributed by atoms with Crippen molar-refractivity contribution in [3.05, 3.63) is 65.7 Å². The normalized spacial score (nSPS) is 11.6. The van der Waals surface area contributed by atoms with Crippen LogP contribution in [0.25, 0.3) is 6.08 Å². The largest absolute Gasteiger partial charge is 0.399 e. The van der Waals surface area contributed by atoms with Crippen LogP contribution in [0.2, 0.25) is 0 Å². The number of anilines is 2. The topological polar surface area (TPSA) is 55.1 Å². The summed E-state index contributed by atoms with van der Waals surface area (Å²) in [5.41, 5.74) is 9.40. The molecule has 0 aliphatic carbocycles. The molecule has 0 spiro atoms. The van der Waals surface area contributed by atoms with Crippen molar-refractivity contribution in [3.8, 4) is 0 Å². The second-order valence-corrected chi connectivity index (χ2v) is 6.32. The van der Waals surface area contributed by atoms with Gasteiger partial charge in [-0.2, -0.15) is 0 Å². The second kappa shape index (κ2) is 6.48. The van der Waals surface area contributed by atoms with E-state index in [1.54, 1.807) is 30.3 Å². The molecule has 0 heterocycles. The van der Waals surface area contributed by atoms with E-state index in [9.17, 15) is 4.79 Å². The van der Waals surface area contributed by atoms with Crippen molar-refractivity contribution >= 4 is 23.4 Å². The first-order valence-corrected chi connectivity index (χ1v) is 7.30. The molecule has 0 aliphatic heterocycles. The number of nitrogen functional groups attached to an aromatic ring is 1. The minimum Gasteiger partial charge on any atom is -0.399 e. The number of benzene rings is 2. The van der Waals surface area contributed by atoms with E-state index in [-0.39, 0.29) is 11.3 Å². The Morgan fingerprint density at radius 2 is 1.77 bits per heavy atom. The van der Waals surface area contributed by atoms with Gasteiger partial charge in [0.25, 0.3) is 0 Å². The van der Waals surface area contributed by atoms with Crippen molar-refractivity contribution in [1.29, 1.82) is 0 Å². The summed E-state index contributed by atoms with van der Waals surface area (Å²) < 4.78 is 0. The molecule has 3 N–H and O–H groups in total. The van der Waals surface area contributed by atoms with Gasteiger partial charge < -0.3 is 11.1 Å². The molecule has 2 aromatic carbocycles. The predicted molar refractivity (Wildman–Crippen MR) is 93.7 cm³/mol. The number of nitrogens with two attached hydrogens (primary N) is 1. The number of carbonyl (C=O) groups is 1. The highest BCUT2D eigenvalue weighted by atomic mass is 16.1. The lowest BCUT2D eigenvalue weighted by atomic mass is 9.87. The predicted octanol–water partition coefficient (Wildman–Crippen LogP) is 4.22. The number of hydrogen-bond donors (Lipinski definition) is 2. The molecule has 0 unspecified atom stereocenters. The number of carbonyl (C=O) groups excluding carboxylic acids is 1. The Bertz CT molecular complexity index is 679. The molecule has 0 saturated carbocycles. The fourth-order valence-electron chi connectivity index (χ4n) is 2.07. The van der Waals surface area contributed by atoms with Crippen molar-refractivity contribution in [3.63, 3.8) is 0 Å². The maximum atomic E-state index is 11.9. The highest BCUT2D eigenvalue weighted by molar-refractivity contribution is 6.02. The second-order valence-electron chi connectivity index (χ2n) is 6.32. The summed E-state index contributed by atoms with van der Waals surface area (Å²) in [6.45, 7) is 6.53. The van der Waals surface area contributed by atoms with Gasteiger partial charge in [-0.3, -0.25) is 4.79 Å². The highest BCUT2D eigenvalue weighted by Crippen LogP contribution is 2.22. The average Bonchev–Trinajstić information content (AvgIpc) is 2.45. The van der Waals surface area contributed by atoms with E-state index in [2.05, 4.69) is 38.2 Å². The lowest BCUT2D eigenvalue weighted by Crippen LogP contribution is -2.10. The molecule has 0 fully saturated rings. The van der Waals surface area contributed by atoms with Crippen LogP contribution in [0.4, 0.5) is 11.4 Å². The summed E-state index contributed by atoms with van der Waals surface area (Å²) in [6, 6.07) is 15.3.